The highest BCUT2D eigenvalue weighted by molar-refractivity contribution is 5.99. The molecule has 4 heteroatoms. The molecule has 0 radical (unpaired) electrons. The van der Waals surface area contributed by atoms with Crippen molar-refractivity contribution < 1.29 is 9.53 Å². The zero-order valence-electron chi connectivity index (χ0n) is 10.4. The second-order valence-corrected chi connectivity index (χ2v) is 4.16. The molecule has 0 aliphatic heterocycles. The van der Waals surface area contributed by atoms with E-state index in [1.807, 2.05) is 30.3 Å². The van der Waals surface area contributed by atoms with Gasteiger partial charge in [-0.25, -0.2) is 0 Å². The summed E-state index contributed by atoms with van der Waals surface area (Å²) in [6.45, 7) is 0. The van der Waals surface area contributed by atoms with Gasteiger partial charge in [-0.1, -0.05) is 30.3 Å². The van der Waals surface area contributed by atoms with Crippen molar-refractivity contribution in [3.05, 3.63) is 48.0 Å². The van der Waals surface area contributed by atoms with Crippen LogP contribution in [0.2, 0.25) is 0 Å². The van der Waals surface area contributed by atoms with Crippen molar-refractivity contribution in [2.45, 2.75) is 0 Å². The van der Waals surface area contributed by atoms with Crippen molar-refractivity contribution >= 4 is 17.2 Å². The number of carbonyl (C=O) groups is 1. The summed E-state index contributed by atoms with van der Waals surface area (Å²) in [5.41, 5.74) is 2.95. The molecule has 1 heterocycles. The van der Waals surface area contributed by atoms with Gasteiger partial charge in [0, 0.05) is 10.9 Å². The summed E-state index contributed by atoms with van der Waals surface area (Å²) < 4.78 is 5.35. The summed E-state index contributed by atoms with van der Waals surface area (Å²) in [5, 5.41) is 8.25. The number of carbonyl (C=O) groups excluding carboxylic acids is 1. The van der Waals surface area contributed by atoms with Crippen molar-refractivity contribution in [3.63, 3.8) is 0 Å². The van der Waals surface area contributed by atoms with E-state index in [0.717, 1.165) is 28.4 Å². The molecule has 3 aromatic rings. The zero-order chi connectivity index (χ0) is 13.2. The summed E-state index contributed by atoms with van der Waals surface area (Å²) >= 11 is 0. The minimum Gasteiger partial charge on any atom is -0.496 e. The van der Waals surface area contributed by atoms with E-state index in [2.05, 4.69) is 10.2 Å². The van der Waals surface area contributed by atoms with E-state index in [1.165, 1.54) is 0 Å². The Kier molecular flexibility index (Phi) is 2.76. The van der Waals surface area contributed by atoms with Gasteiger partial charge in [0.15, 0.2) is 6.29 Å². The number of H-pyrrole nitrogens is 1. The molecule has 0 atom stereocenters. The van der Waals surface area contributed by atoms with Crippen LogP contribution in [-0.2, 0) is 0 Å². The summed E-state index contributed by atoms with van der Waals surface area (Å²) in [6, 6.07) is 13.2. The first kappa shape index (κ1) is 11.5. The van der Waals surface area contributed by atoms with Crippen molar-refractivity contribution in [2.75, 3.05) is 7.11 Å². The third-order valence-corrected chi connectivity index (χ3v) is 3.11. The largest absolute Gasteiger partial charge is 0.496 e. The molecule has 3 rings (SSSR count). The molecule has 1 N–H and O–H groups in total. The predicted molar refractivity (Wildman–Crippen MR) is 73.5 cm³/mol. The summed E-state index contributed by atoms with van der Waals surface area (Å²) in [6.07, 6.45) is 0.821. The molecule has 0 aliphatic carbocycles. The Balaban J connectivity index is 2.35. The maximum atomic E-state index is 11.2. The van der Waals surface area contributed by atoms with Crippen LogP contribution in [0.5, 0.6) is 5.75 Å². The van der Waals surface area contributed by atoms with Gasteiger partial charge in [-0.15, -0.1) is 0 Å². The summed E-state index contributed by atoms with van der Waals surface area (Å²) in [5.74, 6) is 0.641. The standard InChI is InChI=1S/C15H12N2O2/c1-19-13-8-4-5-10(9-18)14(13)15-11-6-2-3-7-12(11)16-17-15/h2-9H,1H3,(H,16,17). The third-order valence-electron chi connectivity index (χ3n) is 3.11. The molecule has 0 unspecified atom stereocenters. The lowest BCUT2D eigenvalue weighted by Gasteiger charge is -2.08. The molecule has 0 aliphatic rings. The minimum absolute atomic E-state index is 0.566. The number of fused-ring (bicyclic) bond motifs is 1. The first-order valence-corrected chi connectivity index (χ1v) is 5.91. The number of hydrogen-bond acceptors (Lipinski definition) is 3. The average Bonchev–Trinajstić information content (AvgIpc) is 2.90. The fourth-order valence-electron chi connectivity index (χ4n) is 2.22. The lowest BCUT2D eigenvalue weighted by Crippen LogP contribution is -1.94. The molecule has 0 spiro atoms. The Morgan fingerprint density at radius 1 is 1.16 bits per heavy atom. The number of methoxy groups -OCH3 is 1. The number of nitrogens with zero attached hydrogens (tertiary/aromatic N) is 1. The van der Waals surface area contributed by atoms with E-state index in [-0.39, 0.29) is 0 Å². The maximum absolute atomic E-state index is 11.2. The number of rotatable bonds is 3. The van der Waals surface area contributed by atoms with Crippen LogP contribution in [0.4, 0.5) is 0 Å². The lowest BCUT2D eigenvalue weighted by molar-refractivity contribution is 0.112. The van der Waals surface area contributed by atoms with Crippen LogP contribution in [0.3, 0.4) is 0 Å². The van der Waals surface area contributed by atoms with Crippen molar-refractivity contribution in [1.29, 1.82) is 0 Å². The Hall–Kier alpha value is -2.62. The Labute approximate surface area is 110 Å². The number of benzene rings is 2. The Morgan fingerprint density at radius 3 is 2.79 bits per heavy atom. The fraction of sp³-hybridized carbons (Fsp3) is 0.0667. The number of para-hydroxylation sites is 1. The number of hydrogen-bond donors (Lipinski definition) is 1. The molecule has 19 heavy (non-hydrogen) atoms. The van der Waals surface area contributed by atoms with Gasteiger partial charge >= 0.3 is 0 Å². The minimum atomic E-state index is 0.566. The molecule has 0 saturated carbocycles. The van der Waals surface area contributed by atoms with E-state index in [1.54, 1.807) is 19.2 Å². The van der Waals surface area contributed by atoms with E-state index in [9.17, 15) is 4.79 Å². The Bertz CT molecular complexity index is 747. The molecule has 4 nitrogen and oxygen atoms in total. The van der Waals surface area contributed by atoms with Crippen molar-refractivity contribution in [3.8, 4) is 17.0 Å². The third kappa shape index (κ3) is 1.78. The first-order valence-electron chi connectivity index (χ1n) is 5.91. The van der Waals surface area contributed by atoms with Gasteiger partial charge in [-0.05, 0) is 12.1 Å². The van der Waals surface area contributed by atoms with Crippen LogP contribution in [0.1, 0.15) is 10.4 Å². The van der Waals surface area contributed by atoms with Crippen LogP contribution in [-0.4, -0.2) is 23.6 Å². The van der Waals surface area contributed by atoms with Gasteiger partial charge < -0.3 is 4.74 Å². The molecule has 0 fully saturated rings. The summed E-state index contributed by atoms with van der Waals surface area (Å²) in [4.78, 5) is 11.2. The molecular formula is C15H12N2O2. The topological polar surface area (TPSA) is 55.0 Å². The maximum Gasteiger partial charge on any atom is 0.150 e. The second kappa shape index (κ2) is 4.57. The van der Waals surface area contributed by atoms with Gasteiger partial charge in [-0.2, -0.15) is 5.10 Å². The highest BCUT2D eigenvalue weighted by Gasteiger charge is 2.16. The average molecular weight is 252 g/mol. The molecule has 94 valence electrons. The second-order valence-electron chi connectivity index (χ2n) is 4.16. The van der Waals surface area contributed by atoms with Gasteiger partial charge in [-0.3, -0.25) is 9.89 Å². The molecule has 2 aromatic carbocycles. The summed E-state index contributed by atoms with van der Waals surface area (Å²) in [7, 11) is 1.59. The quantitative estimate of drug-likeness (QED) is 0.729. The lowest BCUT2D eigenvalue weighted by atomic mass is 10.0. The Morgan fingerprint density at radius 2 is 2.00 bits per heavy atom. The van der Waals surface area contributed by atoms with E-state index in [0.29, 0.717) is 11.3 Å². The normalized spacial score (nSPS) is 10.6. The number of ether oxygens (including phenoxy) is 1. The molecular weight excluding hydrogens is 240 g/mol. The molecule has 1 aromatic heterocycles. The van der Waals surface area contributed by atoms with Gasteiger partial charge in [0.1, 0.15) is 11.4 Å². The van der Waals surface area contributed by atoms with Crippen LogP contribution in [0.25, 0.3) is 22.2 Å². The number of aromatic nitrogens is 2. The highest BCUT2D eigenvalue weighted by atomic mass is 16.5. The van der Waals surface area contributed by atoms with Crippen LogP contribution in [0.15, 0.2) is 42.5 Å². The van der Waals surface area contributed by atoms with Crippen LogP contribution >= 0.6 is 0 Å². The van der Waals surface area contributed by atoms with Gasteiger partial charge in [0.2, 0.25) is 0 Å². The van der Waals surface area contributed by atoms with Crippen LogP contribution in [0, 0.1) is 0 Å². The number of aldehydes is 1. The predicted octanol–water partition coefficient (Wildman–Crippen LogP) is 3.05. The van der Waals surface area contributed by atoms with E-state index >= 15 is 0 Å². The van der Waals surface area contributed by atoms with Gasteiger partial charge in [0.25, 0.3) is 0 Å². The first-order chi connectivity index (χ1) is 9.35. The number of nitrogens with one attached hydrogen (secondary N) is 1. The highest BCUT2D eigenvalue weighted by Crippen LogP contribution is 2.35. The zero-order valence-corrected chi connectivity index (χ0v) is 10.4. The fourth-order valence-corrected chi connectivity index (χ4v) is 2.22. The monoisotopic (exact) mass is 252 g/mol. The van der Waals surface area contributed by atoms with Gasteiger partial charge in [0.05, 0.1) is 18.2 Å². The molecule has 0 amide bonds. The number of aromatic amines is 1. The van der Waals surface area contributed by atoms with Crippen molar-refractivity contribution in [1.82, 2.24) is 10.2 Å². The van der Waals surface area contributed by atoms with E-state index < -0.39 is 0 Å². The smallest absolute Gasteiger partial charge is 0.150 e. The molecule has 0 bridgehead atoms. The SMILES string of the molecule is COc1cccc(C=O)c1-c1n[nH]c2ccccc12. The molecule has 0 saturated heterocycles. The van der Waals surface area contributed by atoms with E-state index in [4.69, 9.17) is 4.74 Å². The van der Waals surface area contributed by atoms with Crippen molar-refractivity contribution in [2.24, 2.45) is 0 Å². The van der Waals surface area contributed by atoms with Crippen LogP contribution < -0.4 is 4.74 Å².